The smallest absolute Gasteiger partial charge is 0.268 e. The van der Waals surface area contributed by atoms with E-state index in [-0.39, 0.29) is 21.4 Å². The van der Waals surface area contributed by atoms with Crippen molar-refractivity contribution in [1.29, 1.82) is 0 Å². The summed E-state index contributed by atoms with van der Waals surface area (Å²) < 4.78 is 43.8. The largest absolute Gasteiger partial charge is 0.309 e. The van der Waals surface area contributed by atoms with Gasteiger partial charge < -0.3 is 4.57 Å². The summed E-state index contributed by atoms with van der Waals surface area (Å²) in [6.45, 7) is 0. The molecular weight excluding hydrogens is 501 g/mol. The zero-order valence-electron chi connectivity index (χ0n) is 18.3. The number of nitrogens with zero attached hydrogens (tertiary/aromatic N) is 1. The molecular formula is C27H19ClNO4PS. The lowest BCUT2D eigenvalue weighted by Gasteiger charge is -2.20. The van der Waals surface area contributed by atoms with Gasteiger partial charge in [0, 0.05) is 21.0 Å². The molecule has 5 aromatic rings. The highest BCUT2D eigenvalue weighted by Gasteiger charge is 2.38. The molecule has 0 bridgehead atoms. The molecule has 0 unspecified atom stereocenters. The van der Waals surface area contributed by atoms with Crippen molar-refractivity contribution in [2.75, 3.05) is 0 Å². The molecule has 0 N–H and O–H groups in total. The number of benzene rings is 4. The first-order valence-electron chi connectivity index (χ1n) is 10.7. The van der Waals surface area contributed by atoms with Crippen molar-refractivity contribution in [3.8, 4) is 0 Å². The van der Waals surface area contributed by atoms with Gasteiger partial charge in [-0.1, -0.05) is 90.5 Å². The number of halogens is 1. The number of carbonyl (C=O) groups excluding carboxylic acids is 1. The van der Waals surface area contributed by atoms with E-state index in [1.54, 1.807) is 91.0 Å². The zero-order chi connectivity index (χ0) is 24.6. The summed E-state index contributed by atoms with van der Waals surface area (Å²) in [5, 5.41) is 1.77. The second kappa shape index (κ2) is 8.97. The highest BCUT2D eigenvalue weighted by molar-refractivity contribution is 7.90. The van der Waals surface area contributed by atoms with Crippen LogP contribution in [0.3, 0.4) is 0 Å². The van der Waals surface area contributed by atoms with Gasteiger partial charge in [-0.05, 0) is 30.3 Å². The molecule has 5 nitrogen and oxygen atoms in total. The lowest BCUT2D eigenvalue weighted by molar-refractivity contribution is 0.111. The molecule has 1 heterocycles. The van der Waals surface area contributed by atoms with Gasteiger partial charge in [0.2, 0.25) is 0 Å². The Kier molecular flexibility index (Phi) is 5.97. The monoisotopic (exact) mass is 519 g/mol. The number of hydrogen-bond donors (Lipinski definition) is 0. The Labute approximate surface area is 208 Å². The highest BCUT2D eigenvalue weighted by atomic mass is 35.5. The maximum Gasteiger partial charge on any atom is 0.268 e. The fourth-order valence-corrected chi connectivity index (χ4v) is 9.07. The molecule has 35 heavy (non-hydrogen) atoms. The second-order valence-corrected chi connectivity index (χ2v) is 12.8. The molecule has 0 saturated heterocycles. The van der Waals surface area contributed by atoms with E-state index >= 15 is 4.57 Å². The average Bonchev–Trinajstić information content (AvgIpc) is 3.24. The molecule has 0 atom stereocenters. The lowest BCUT2D eigenvalue weighted by atomic mass is 10.2. The second-order valence-electron chi connectivity index (χ2n) is 7.88. The van der Waals surface area contributed by atoms with Crippen LogP contribution in [0, 0.1) is 0 Å². The minimum atomic E-state index is -4.20. The summed E-state index contributed by atoms with van der Waals surface area (Å²) in [6.07, 6.45) is 0.461. The Morgan fingerprint density at radius 1 is 0.743 bits per heavy atom. The van der Waals surface area contributed by atoms with Gasteiger partial charge in [-0.25, -0.2) is 12.4 Å². The summed E-state index contributed by atoms with van der Waals surface area (Å²) in [5.74, 6) is 0. The van der Waals surface area contributed by atoms with Crippen LogP contribution < -0.4 is 15.9 Å². The number of hydrogen-bond acceptors (Lipinski definition) is 4. The van der Waals surface area contributed by atoms with Crippen molar-refractivity contribution in [2.24, 2.45) is 0 Å². The third kappa shape index (κ3) is 3.75. The Balaban J connectivity index is 1.98. The van der Waals surface area contributed by atoms with Gasteiger partial charge in [0.05, 0.1) is 15.7 Å². The first-order chi connectivity index (χ1) is 16.9. The summed E-state index contributed by atoms with van der Waals surface area (Å²) >= 11 is 6.33. The minimum Gasteiger partial charge on any atom is -0.309 e. The Hall–Kier alpha value is -3.44. The standard InChI is InChI=1S/C27H19ClNO4PS/c28-20-16-17-25-24(18-20)27(26(19-30)29(25)35(32,33)23-14-8-3-9-15-23)34(31,21-10-4-1-5-11-21)22-12-6-2-7-13-22/h1-19H. The molecule has 4 aromatic carbocycles. The first kappa shape index (κ1) is 23.3. The van der Waals surface area contributed by atoms with Crippen LogP contribution in [0.25, 0.3) is 10.9 Å². The SMILES string of the molecule is O=Cc1c(P(=O)(c2ccccc2)c2ccccc2)c2cc(Cl)ccc2n1S(=O)(=O)c1ccccc1. The molecule has 8 heteroatoms. The van der Waals surface area contributed by atoms with Crippen LogP contribution in [-0.2, 0) is 14.6 Å². The maximum atomic E-state index is 15.2. The molecule has 0 saturated carbocycles. The van der Waals surface area contributed by atoms with Gasteiger partial charge in [0.25, 0.3) is 10.0 Å². The van der Waals surface area contributed by atoms with Gasteiger partial charge in [-0.3, -0.25) is 4.79 Å². The quantitative estimate of drug-likeness (QED) is 0.234. The average molecular weight is 520 g/mol. The van der Waals surface area contributed by atoms with Gasteiger partial charge in [-0.2, -0.15) is 0 Å². The summed E-state index contributed by atoms with van der Waals surface area (Å²) in [4.78, 5) is 12.7. The van der Waals surface area contributed by atoms with E-state index in [1.165, 1.54) is 18.2 Å². The highest BCUT2D eigenvalue weighted by Crippen LogP contribution is 2.47. The zero-order valence-corrected chi connectivity index (χ0v) is 20.8. The predicted molar refractivity (Wildman–Crippen MR) is 141 cm³/mol. The van der Waals surface area contributed by atoms with E-state index in [0.29, 0.717) is 27.3 Å². The molecule has 1 aromatic heterocycles. The number of carbonyl (C=O) groups is 1. The Morgan fingerprint density at radius 3 is 1.77 bits per heavy atom. The van der Waals surface area contributed by atoms with Crippen LogP contribution in [0.15, 0.2) is 114 Å². The van der Waals surface area contributed by atoms with E-state index in [9.17, 15) is 13.2 Å². The molecule has 0 fully saturated rings. The predicted octanol–water partition coefficient (Wildman–Crippen LogP) is 4.98. The molecule has 0 radical (unpaired) electrons. The van der Waals surface area contributed by atoms with E-state index < -0.39 is 17.2 Å². The van der Waals surface area contributed by atoms with Crippen LogP contribution in [0.5, 0.6) is 0 Å². The van der Waals surface area contributed by atoms with Gasteiger partial charge in [0.1, 0.15) is 5.69 Å². The molecule has 0 aliphatic heterocycles. The molecule has 0 aliphatic carbocycles. The summed E-state index contributed by atoms with van der Waals surface area (Å²) in [6, 6.07) is 30.0. The number of fused-ring (bicyclic) bond motifs is 1. The van der Waals surface area contributed by atoms with Crippen LogP contribution in [0.4, 0.5) is 0 Å². The number of aromatic nitrogens is 1. The van der Waals surface area contributed by atoms with Gasteiger partial charge >= 0.3 is 0 Å². The first-order valence-corrected chi connectivity index (χ1v) is 14.2. The van der Waals surface area contributed by atoms with E-state index in [2.05, 4.69) is 0 Å². The van der Waals surface area contributed by atoms with E-state index in [4.69, 9.17) is 11.6 Å². The van der Waals surface area contributed by atoms with Crippen molar-refractivity contribution in [3.05, 3.63) is 120 Å². The topological polar surface area (TPSA) is 73.2 Å². The van der Waals surface area contributed by atoms with Crippen LogP contribution in [-0.4, -0.2) is 18.7 Å². The molecule has 0 amide bonds. The van der Waals surface area contributed by atoms with E-state index in [1.807, 2.05) is 0 Å². The van der Waals surface area contributed by atoms with E-state index in [0.717, 1.165) is 3.97 Å². The minimum absolute atomic E-state index is 0.00996. The van der Waals surface area contributed by atoms with Crippen molar-refractivity contribution in [2.45, 2.75) is 4.90 Å². The normalized spacial score (nSPS) is 12.0. The molecule has 174 valence electrons. The van der Waals surface area contributed by atoms with Crippen molar-refractivity contribution in [3.63, 3.8) is 0 Å². The summed E-state index contributed by atoms with van der Waals surface area (Å²) in [5.41, 5.74) is 0.0320. The van der Waals surface area contributed by atoms with Crippen LogP contribution >= 0.6 is 18.7 Å². The van der Waals surface area contributed by atoms with Gasteiger partial charge in [-0.15, -0.1) is 0 Å². The van der Waals surface area contributed by atoms with Crippen molar-refractivity contribution < 1.29 is 17.8 Å². The van der Waals surface area contributed by atoms with Crippen LogP contribution in [0.1, 0.15) is 10.5 Å². The Bertz CT molecular complexity index is 1660. The Morgan fingerprint density at radius 2 is 1.26 bits per heavy atom. The number of rotatable bonds is 6. The third-order valence-electron chi connectivity index (χ3n) is 5.84. The molecule has 0 aliphatic rings. The summed E-state index contributed by atoms with van der Waals surface area (Å²) in [7, 11) is -7.92. The molecule has 0 spiro atoms. The van der Waals surface area contributed by atoms with Crippen molar-refractivity contribution >= 4 is 61.9 Å². The van der Waals surface area contributed by atoms with Gasteiger partial charge in [0.15, 0.2) is 13.4 Å². The van der Waals surface area contributed by atoms with Crippen molar-refractivity contribution in [1.82, 2.24) is 3.97 Å². The lowest BCUT2D eigenvalue weighted by Crippen LogP contribution is -2.28. The van der Waals surface area contributed by atoms with Crippen LogP contribution in [0.2, 0.25) is 5.02 Å². The third-order valence-corrected chi connectivity index (χ3v) is 11.0. The maximum absolute atomic E-state index is 15.2. The fourth-order valence-electron chi connectivity index (χ4n) is 4.31. The fraction of sp³-hybridized carbons (Fsp3) is 0. The number of aldehydes is 1. The molecule has 5 rings (SSSR count).